The molecule has 2 aliphatic rings. The van der Waals surface area contributed by atoms with Crippen molar-refractivity contribution in [1.29, 1.82) is 0 Å². The molecule has 2 heterocycles. The molecule has 0 saturated carbocycles. The first-order valence-electron chi connectivity index (χ1n) is 6.96. The second-order valence-electron chi connectivity index (χ2n) is 5.95. The minimum Gasteiger partial charge on any atom is -0.376 e. The first kappa shape index (κ1) is 15.6. The van der Waals surface area contributed by atoms with Gasteiger partial charge >= 0.3 is 6.18 Å². The van der Waals surface area contributed by atoms with Crippen molar-refractivity contribution in [3.63, 3.8) is 0 Å². The molecule has 20 heavy (non-hydrogen) atoms. The molecule has 0 aromatic carbocycles. The fourth-order valence-electron chi connectivity index (χ4n) is 2.73. The van der Waals surface area contributed by atoms with Crippen LogP contribution >= 0.6 is 0 Å². The number of piperidine rings is 1. The van der Waals surface area contributed by atoms with Crippen LogP contribution < -0.4 is 10.6 Å². The molecule has 1 amide bonds. The van der Waals surface area contributed by atoms with Gasteiger partial charge in [0, 0.05) is 13.2 Å². The van der Waals surface area contributed by atoms with Gasteiger partial charge in [-0.25, -0.2) is 0 Å². The van der Waals surface area contributed by atoms with Gasteiger partial charge in [-0.15, -0.1) is 0 Å². The molecule has 2 rings (SSSR count). The Kier molecular flexibility index (Phi) is 4.30. The lowest BCUT2D eigenvalue weighted by atomic mass is 9.91. The molecule has 0 bridgehead atoms. The molecular formula is C13H21F3N2O2. The van der Waals surface area contributed by atoms with Crippen LogP contribution in [0.4, 0.5) is 13.2 Å². The van der Waals surface area contributed by atoms with E-state index >= 15 is 0 Å². The topological polar surface area (TPSA) is 50.4 Å². The van der Waals surface area contributed by atoms with Crippen molar-refractivity contribution in [2.24, 2.45) is 5.92 Å². The third-order valence-electron chi connectivity index (χ3n) is 4.49. The highest BCUT2D eigenvalue weighted by atomic mass is 19.4. The Balaban J connectivity index is 1.86. The van der Waals surface area contributed by atoms with Gasteiger partial charge in [-0.05, 0) is 33.1 Å². The molecule has 0 spiro atoms. The van der Waals surface area contributed by atoms with Crippen LogP contribution in [-0.2, 0) is 9.53 Å². The molecule has 116 valence electrons. The summed E-state index contributed by atoms with van der Waals surface area (Å²) >= 11 is 0. The number of halogens is 3. The fraction of sp³-hybridized carbons (Fsp3) is 0.923. The van der Waals surface area contributed by atoms with Crippen LogP contribution in [0, 0.1) is 5.92 Å². The zero-order valence-electron chi connectivity index (χ0n) is 11.7. The molecule has 4 nitrogen and oxygen atoms in total. The number of hydrogen-bond acceptors (Lipinski definition) is 3. The molecule has 4 atom stereocenters. The Labute approximate surface area is 116 Å². The van der Waals surface area contributed by atoms with E-state index in [1.54, 1.807) is 0 Å². The minimum atomic E-state index is -4.19. The van der Waals surface area contributed by atoms with Gasteiger partial charge < -0.3 is 15.4 Å². The average Bonchev–Trinajstić information content (AvgIpc) is 2.68. The second-order valence-corrected chi connectivity index (χ2v) is 5.95. The predicted molar refractivity (Wildman–Crippen MR) is 67.1 cm³/mol. The largest absolute Gasteiger partial charge is 0.393 e. The number of amides is 1. The monoisotopic (exact) mass is 294 g/mol. The Morgan fingerprint density at radius 1 is 1.40 bits per heavy atom. The van der Waals surface area contributed by atoms with Gasteiger partial charge in [-0.3, -0.25) is 4.79 Å². The van der Waals surface area contributed by atoms with Gasteiger partial charge in [0.2, 0.25) is 5.91 Å². The third-order valence-corrected chi connectivity index (χ3v) is 4.49. The van der Waals surface area contributed by atoms with Gasteiger partial charge in [0.05, 0.1) is 23.6 Å². The minimum absolute atomic E-state index is 0.00262. The molecule has 0 aliphatic carbocycles. The third kappa shape index (κ3) is 3.25. The summed E-state index contributed by atoms with van der Waals surface area (Å²) in [7, 11) is 0. The Morgan fingerprint density at radius 3 is 2.55 bits per heavy atom. The quantitative estimate of drug-likeness (QED) is 0.813. The number of nitrogens with one attached hydrogen (secondary N) is 2. The van der Waals surface area contributed by atoms with E-state index in [1.165, 1.54) is 0 Å². The van der Waals surface area contributed by atoms with E-state index in [-0.39, 0.29) is 31.4 Å². The highest BCUT2D eigenvalue weighted by molar-refractivity contribution is 5.82. The maximum absolute atomic E-state index is 12.6. The van der Waals surface area contributed by atoms with E-state index in [9.17, 15) is 18.0 Å². The summed E-state index contributed by atoms with van der Waals surface area (Å²) in [6, 6.07) is -0.543. The van der Waals surface area contributed by atoms with E-state index in [4.69, 9.17) is 4.74 Å². The van der Waals surface area contributed by atoms with Gasteiger partial charge in [-0.1, -0.05) is 0 Å². The number of carbonyl (C=O) groups is 1. The van der Waals surface area contributed by atoms with Crippen molar-refractivity contribution in [1.82, 2.24) is 10.6 Å². The second kappa shape index (κ2) is 5.52. The molecule has 4 unspecified atom stereocenters. The number of hydrogen-bond donors (Lipinski definition) is 2. The first-order valence-corrected chi connectivity index (χ1v) is 6.96. The van der Waals surface area contributed by atoms with Crippen molar-refractivity contribution in [3.8, 4) is 0 Å². The number of ether oxygens (including phenoxy) is 1. The molecule has 0 aromatic heterocycles. The lowest BCUT2D eigenvalue weighted by Crippen LogP contribution is -2.58. The molecule has 0 radical (unpaired) electrons. The maximum atomic E-state index is 12.6. The lowest BCUT2D eigenvalue weighted by molar-refractivity contribution is -0.180. The van der Waals surface area contributed by atoms with E-state index in [0.29, 0.717) is 6.61 Å². The summed E-state index contributed by atoms with van der Waals surface area (Å²) in [4.78, 5) is 12.2. The van der Waals surface area contributed by atoms with Crippen molar-refractivity contribution < 1.29 is 22.7 Å². The van der Waals surface area contributed by atoms with Crippen molar-refractivity contribution in [2.75, 3.05) is 13.2 Å². The van der Waals surface area contributed by atoms with Gasteiger partial charge in [0.1, 0.15) is 0 Å². The zero-order chi connectivity index (χ0) is 15.0. The summed E-state index contributed by atoms with van der Waals surface area (Å²) < 4.78 is 43.1. The highest BCUT2D eigenvalue weighted by Crippen LogP contribution is 2.32. The molecule has 0 aromatic rings. The average molecular weight is 294 g/mol. The Hall–Kier alpha value is -0.820. The van der Waals surface area contributed by atoms with Crippen molar-refractivity contribution in [2.45, 2.75) is 57.0 Å². The van der Waals surface area contributed by atoms with E-state index in [1.807, 2.05) is 13.8 Å². The summed E-state index contributed by atoms with van der Waals surface area (Å²) in [5.74, 6) is -1.58. The Bertz CT molecular complexity index is 367. The van der Waals surface area contributed by atoms with E-state index in [2.05, 4.69) is 10.6 Å². The van der Waals surface area contributed by atoms with Crippen LogP contribution in [0.2, 0.25) is 0 Å². The number of carbonyl (C=O) groups excluding carboxylic acids is 1. The normalized spacial score (nSPS) is 38.8. The summed E-state index contributed by atoms with van der Waals surface area (Å²) in [5.41, 5.74) is -0.431. The van der Waals surface area contributed by atoms with Crippen LogP contribution in [0.1, 0.15) is 33.1 Å². The van der Waals surface area contributed by atoms with Gasteiger partial charge in [-0.2, -0.15) is 13.2 Å². The molecule has 2 fully saturated rings. The smallest absolute Gasteiger partial charge is 0.376 e. The summed E-state index contributed by atoms with van der Waals surface area (Å²) in [6.45, 7) is 4.20. The van der Waals surface area contributed by atoms with Crippen LogP contribution in [0.25, 0.3) is 0 Å². The fourth-order valence-corrected chi connectivity index (χ4v) is 2.73. The molecule has 7 heteroatoms. The molecule has 2 saturated heterocycles. The highest BCUT2D eigenvalue weighted by Gasteiger charge is 2.44. The SMILES string of the molecule is CC1OCCC1(C)NC(=O)C1CCC(C(F)(F)F)CN1. The number of alkyl halides is 3. The zero-order valence-corrected chi connectivity index (χ0v) is 11.7. The molecular weight excluding hydrogens is 273 g/mol. The van der Waals surface area contributed by atoms with E-state index in [0.717, 1.165) is 6.42 Å². The standard InChI is InChI=1S/C13H21F3N2O2/c1-8-12(2,5-6-20-8)18-11(19)10-4-3-9(7-17-10)13(14,15)16/h8-10,17H,3-7H2,1-2H3,(H,18,19). The van der Waals surface area contributed by atoms with Crippen molar-refractivity contribution >= 4 is 5.91 Å². The molecule has 2 N–H and O–H groups in total. The van der Waals surface area contributed by atoms with Crippen LogP contribution in [0.15, 0.2) is 0 Å². The Morgan fingerprint density at radius 2 is 2.10 bits per heavy atom. The van der Waals surface area contributed by atoms with Gasteiger partial charge in [0.25, 0.3) is 0 Å². The predicted octanol–water partition coefficient (Wildman–Crippen LogP) is 1.60. The van der Waals surface area contributed by atoms with Crippen LogP contribution in [-0.4, -0.2) is 42.9 Å². The molecule has 2 aliphatic heterocycles. The van der Waals surface area contributed by atoms with Crippen molar-refractivity contribution in [3.05, 3.63) is 0 Å². The maximum Gasteiger partial charge on any atom is 0.393 e. The van der Waals surface area contributed by atoms with Crippen LogP contribution in [0.5, 0.6) is 0 Å². The first-order chi connectivity index (χ1) is 9.22. The summed E-state index contributed by atoms with van der Waals surface area (Å²) in [5, 5.41) is 5.63. The van der Waals surface area contributed by atoms with Gasteiger partial charge in [0.15, 0.2) is 0 Å². The summed E-state index contributed by atoms with van der Waals surface area (Å²) in [6.07, 6.45) is -3.34. The number of rotatable bonds is 2. The van der Waals surface area contributed by atoms with E-state index < -0.39 is 23.7 Å². The lowest BCUT2D eigenvalue weighted by Gasteiger charge is -2.34. The van der Waals surface area contributed by atoms with Crippen LogP contribution in [0.3, 0.4) is 0 Å².